The van der Waals surface area contributed by atoms with Crippen LogP contribution in [-0.4, -0.2) is 23.9 Å². The smallest absolute Gasteiger partial charge is 0.252 e. The summed E-state index contributed by atoms with van der Waals surface area (Å²) in [6.07, 6.45) is 10.3. The van der Waals surface area contributed by atoms with Crippen molar-refractivity contribution in [1.82, 2.24) is 5.32 Å². The number of amidine groups is 1. The molecule has 5 nitrogen and oxygen atoms in total. The number of carbonyl (C=O) groups is 1. The molecule has 0 saturated heterocycles. The van der Waals surface area contributed by atoms with Gasteiger partial charge in [-0.05, 0) is 43.5 Å². The molecule has 138 valence electrons. The number of carbonyl (C=O) groups excluding carboxylic acids is 1. The van der Waals surface area contributed by atoms with E-state index in [0.717, 1.165) is 25.0 Å². The van der Waals surface area contributed by atoms with Crippen LogP contribution in [0.15, 0.2) is 24.3 Å². The maximum atomic E-state index is 12.2. The van der Waals surface area contributed by atoms with Gasteiger partial charge in [0.1, 0.15) is 11.6 Å². The Bertz CT molecular complexity index is 565. The first-order valence-electron chi connectivity index (χ1n) is 9.47. The van der Waals surface area contributed by atoms with Crippen molar-refractivity contribution in [3.8, 4) is 5.75 Å². The first kappa shape index (κ1) is 19.3. The van der Waals surface area contributed by atoms with Crippen LogP contribution in [0.4, 0.5) is 0 Å². The Hall–Kier alpha value is -2.04. The lowest BCUT2D eigenvalue weighted by atomic mass is 10.1. The quantitative estimate of drug-likeness (QED) is 0.304. The van der Waals surface area contributed by atoms with Crippen molar-refractivity contribution in [2.24, 2.45) is 5.73 Å². The predicted octanol–water partition coefficient (Wildman–Crippen LogP) is 4.01. The Kier molecular flexibility index (Phi) is 7.29. The van der Waals surface area contributed by atoms with E-state index >= 15 is 0 Å². The Morgan fingerprint density at radius 3 is 2.28 bits per heavy atom. The van der Waals surface area contributed by atoms with E-state index in [1.165, 1.54) is 38.5 Å². The molecule has 1 aromatic rings. The number of amides is 1. The van der Waals surface area contributed by atoms with Crippen molar-refractivity contribution in [3.05, 3.63) is 29.8 Å². The molecule has 4 N–H and O–H groups in total. The Balaban J connectivity index is 1.66. The monoisotopic (exact) mass is 345 g/mol. The fraction of sp³-hybridized carbons (Fsp3) is 0.600. The fourth-order valence-electron chi connectivity index (χ4n) is 2.83. The maximum absolute atomic E-state index is 12.2. The molecule has 0 radical (unpaired) electrons. The highest BCUT2D eigenvalue weighted by Crippen LogP contribution is 2.35. The van der Waals surface area contributed by atoms with Gasteiger partial charge in [-0.15, -0.1) is 0 Å². The summed E-state index contributed by atoms with van der Waals surface area (Å²) in [4.78, 5) is 12.2. The van der Waals surface area contributed by atoms with Crippen molar-refractivity contribution in [1.29, 1.82) is 5.41 Å². The molecular formula is C20H31N3O2. The number of benzene rings is 1. The average molecular weight is 345 g/mol. The topological polar surface area (TPSA) is 88.2 Å². The highest BCUT2D eigenvalue weighted by atomic mass is 16.5. The number of rotatable bonds is 12. The second-order valence-corrected chi connectivity index (χ2v) is 6.94. The van der Waals surface area contributed by atoms with Gasteiger partial charge in [-0.1, -0.05) is 45.4 Å². The van der Waals surface area contributed by atoms with Crippen LogP contribution in [0.2, 0.25) is 0 Å². The number of nitrogens with two attached hydrogens (primary N) is 1. The normalized spacial score (nSPS) is 14.8. The summed E-state index contributed by atoms with van der Waals surface area (Å²) < 4.78 is 5.73. The predicted molar refractivity (Wildman–Crippen MR) is 101 cm³/mol. The van der Waals surface area contributed by atoms with E-state index in [-0.39, 0.29) is 11.7 Å². The average Bonchev–Trinajstić information content (AvgIpc) is 3.38. The zero-order valence-corrected chi connectivity index (χ0v) is 15.3. The third kappa shape index (κ3) is 6.07. The molecule has 0 unspecified atom stereocenters. The molecule has 1 aromatic carbocycles. The van der Waals surface area contributed by atoms with E-state index in [9.17, 15) is 4.79 Å². The second kappa shape index (κ2) is 9.44. The van der Waals surface area contributed by atoms with Gasteiger partial charge in [-0.2, -0.15) is 0 Å². The third-order valence-electron chi connectivity index (χ3n) is 4.75. The summed E-state index contributed by atoms with van der Waals surface area (Å²) in [6.45, 7) is 2.95. The van der Waals surface area contributed by atoms with Gasteiger partial charge in [0.05, 0.1) is 12.1 Å². The Morgan fingerprint density at radius 2 is 1.72 bits per heavy atom. The van der Waals surface area contributed by atoms with Crippen LogP contribution in [0.3, 0.4) is 0 Å². The molecule has 1 aliphatic rings. The van der Waals surface area contributed by atoms with Crippen LogP contribution >= 0.6 is 0 Å². The molecule has 0 atom stereocenters. The summed E-state index contributed by atoms with van der Waals surface area (Å²) >= 11 is 0. The van der Waals surface area contributed by atoms with Gasteiger partial charge in [0, 0.05) is 5.56 Å². The van der Waals surface area contributed by atoms with Gasteiger partial charge >= 0.3 is 0 Å². The van der Waals surface area contributed by atoms with Crippen LogP contribution < -0.4 is 15.8 Å². The van der Waals surface area contributed by atoms with E-state index < -0.39 is 5.54 Å². The lowest BCUT2D eigenvalue weighted by Gasteiger charge is -2.15. The fourth-order valence-corrected chi connectivity index (χ4v) is 2.83. The minimum absolute atomic E-state index is 0.0375. The molecule has 0 spiro atoms. The van der Waals surface area contributed by atoms with Crippen LogP contribution in [-0.2, 0) is 0 Å². The summed E-state index contributed by atoms with van der Waals surface area (Å²) in [5.41, 5.74) is 5.50. The molecule has 0 aromatic heterocycles. The number of ether oxygens (including phenoxy) is 1. The van der Waals surface area contributed by atoms with Crippen molar-refractivity contribution < 1.29 is 9.53 Å². The largest absolute Gasteiger partial charge is 0.494 e. The minimum Gasteiger partial charge on any atom is -0.494 e. The first-order valence-corrected chi connectivity index (χ1v) is 9.47. The van der Waals surface area contributed by atoms with Crippen LogP contribution in [0.1, 0.15) is 75.1 Å². The molecular weight excluding hydrogens is 314 g/mol. The minimum atomic E-state index is -0.608. The lowest BCUT2D eigenvalue weighted by Crippen LogP contribution is -2.46. The molecule has 1 fully saturated rings. The molecule has 1 aliphatic carbocycles. The molecule has 25 heavy (non-hydrogen) atoms. The van der Waals surface area contributed by atoms with Gasteiger partial charge in [0.25, 0.3) is 5.91 Å². The van der Waals surface area contributed by atoms with Crippen LogP contribution in [0.5, 0.6) is 5.75 Å². The second-order valence-electron chi connectivity index (χ2n) is 6.94. The Morgan fingerprint density at radius 1 is 1.12 bits per heavy atom. The van der Waals surface area contributed by atoms with Gasteiger partial charge in [-0.25, -0.2) is 0 Å². The van der Waals surface area contributed by atoms with E-state index in [4.69, 9.17) is 15.9 Å². The van der Waals surface area contributed by atoms with Gasteiger partial charge in [0.15, 0.2) is 0 Å². The molecule has 1 saturated carbocycles. The van der Waals surface area contributed by atoms with Crippen molar-refractivity contribution in [2.75, 3.05) is 6.61 Å². The van der Waals surface area contributed by atoms with Crippen LogP contribution in [0, 0.1) is 5.41 Å². The van der Waals surface area contributed by atoms with Crippen molar-refractivity contribution in [3.63, 3.8) is 0 Å². The van der Waals surface area contributed by atoms with E-state index in [1.807, 2.05) is 12.1 Å². The Labute approximate surface area is 150 Å². The summed E-state index contributed by atoms with van der Waals surface area (Å²) in [5, 5.41) is 10.4. The number of hydrogen-bond acceptors (Lipinski definition) is 3. The zero-order valence-electron chi connectivity index (χ0n) is 15.3. The van der Waals surface area contributed by atoms with Crippen molar-refractivity contribution >= 4 is 11.7 Å². The lowest BCUT2D eigenvalue weighted by molar-refractivity contribution is 0.0943. The van der Waals surface area contributed by atoms with Crippen LogP contribution in [0.25, 0.3) is 0 Å². The van der Waals surface area contributed by atoms with Crippen molar-refractivity contribution in [2.45, 2.75) is 70.3 Å². The number of hydrogen-bond donors (Lipinski definition) is 3. The van der Waals surface area contributed by atoms with Gasteiger partial charge in [0.2, 0.25) is 0 Å². The standard InChI is InChI=1S/C20H31N3O2/c1-2-3-4-5-6-7-8-15-25-17-11-9-16(10-12-17)18(24)23-20(13-14-20)19(21)22/h9-12H,2-8,13-15H2,1H3,(H3,21,22)(H,23,24). The molecule has 1 amide bonds. The van der Waals surface area contributed by atoms with Gasteiger partial charge in [-0.3, -0.25) is 10.2 Å². The first-order chi connectivity index (χ1) is 12.1. The molecule has 5 heteroatoms. The molecule has 0 aliphatic heterocycles. The molecule has 0 heterocycles. The summed E-state index contributed by atoms with van der Waals surface area (Å²) in [7, 11) is 0. The van der Waals surface area contributed by atoms with E-state index in [1.54, 1.807) is 12.1 Å². The number of nitrogens with one attached hydrogen (secondary N) is 2. The highest BCUT2D eigenvalue weighted by Gasteiger charge is 2.47. The molecule has 0 bridgehead atoms. The summed E-state index contributed by atoms with van der Waals surface area (Å²) in [6, 6.07) is 7.16. The summed E-state index contributed by atoms with van der Waals surface area (Å²) in [5.74, 6) is 0.636. The zero-order chi connectivity index (χ0) is 18.1. The van der Waals surface area contributed by atoms with Gasteiger partial charge < -0.3 is 15.8 Å². The maximum Gasteiger partial charge on any atom is 0.252 e. The highest BCUT2D eigenvalue weighted by molar-refractivity contribution is 6.01. The molecule has 2 rings (SSSR count). The van der Waals surface area contributed by atoms with E-state index in [0.29, 0.717) is 12.2 Å². The third-order valence-corrected chi connectivity index (χ3v) is 4.75. The SMILES string of the molecule is CCCCCCCCCOc1ccc(C(=O)NC2(C(=N)N)CC2)cc1. The van der Waals surface area contributed by atoms with E-state index in [2.05, 4.69) is 12.2 Å². The number of unbranched alkanes of at least 4 members (excludes halogenated alkanes) is 6.